The lowest BCUT2D eigenvalue weighted by atomic mass is 10.2. The molecule has 0 bridgehead atoms. The third-order valence-electron chi connectivity index (χ3n) is 4.52. The molecule has 1 fully saturated rings. The van der Waals surface area contributed by atoms with Crippen LogP contribution in [0.2, 0.25) is 0 Å². The molecule has 3 heterocycles. The van der Waals surface area contributed by atoms with Crippen LogP contribution in [-0.4, -0.2) is 54.7 Å². The molecule has 11 heteroatoms. The van der Waals surface area contributed by atoms with Gasteiger partial charge in [0.2, 0.25) is 15.9 Å². The summed E-state index contributed by atoms with van der Waals surface area (Å²) in [5, 5.41) is 4.79. The smallest absolute Gasteiger partial charge is 0.257 e. The first-order valence-electron chi connectivity index (χ1n) is 8.97. The summed E-state index contributed by atoms with van der Waals surface area (Å²) in [5.41, 5.74) is 1.11. The van der Waals surface area contributed by atoms with Crippen LogP contribution in [0.25, 0.3) is 0 Å². The Morgan fingerprint density at radius 1 is 1.25 bits per heavy atom. The van der Waals surface area contributed by atoms with E-state index in [0.717, 1.165) is 12.8 Å². The SMILES string of the molecule is Cc1[nH]c(C)c(S(=O)(=O)NCCC(=O)Nc2nccs2)c1C(=O)N1CCCC1. The highest BCUT2D eigenvalue weighted by Gasteiger charge is 2.32. The number of aryl methyl sites for hydroxylation is 2. The summed E-state index contributed by atoms with van der Waals surface area (Å²) in [6.07, 6.45) is 3.36. The van der Waals surface area contributed by atoms with Crippen LogP contribution in [0.15, 0.2) is 16.5 Å². The van der Waals surface area contributed by atoms with Crippen LogP contribution in [0.3, 0.4) is 0 Å². The van der Waals surface area contributed by atoms with Gasteiger partial charge in [-0.15, -0.1) is 11.3 Å². The second-order valence-corrected chi connectivity index (χ2v) is 9.21. The van der Waals surface area contributed by atoms with Gasteiger partial charge in [0, 0.05) is 49.0 Å². The van der Waals surface area contributed by atoms with Crippen LogP contribution >= 0.6 is 11.3 Å². The van der Waals surface area contributed by atoms with Crippen molar-refractivity contribution in [2.24, 2.45) is 0 Å². The van der Waals surface area contributed by atoms with Crippen LogP contribution < -0.4 is 10.0 Å². The number of hydrogen-bond donors (Lipinski definition) is 3. The zero-order chi connectivity index (χ0) is 20.3. The quantitative estimate of drug-likeness (QED) is 0.622. The molecule has 0 saturated carbocycles. The number of likely N-dealkylation sites (tertiary alicyclic amines) is 1. The van der Waals surface area contributed by atoms with Crippen molar-refractivity contribution in [3.8, 4) is 0 Å². The maximum absolute atomic E-state index is 12.9. The molecule has 0 aliphatic carbocycles. The van der Waals surface area contributed by atoms with Gasteiger partial charge in [0.05, 0.1) is 5.56 Å². The molecule has 1 aliphatic rings. The Labute approximate surface area is 167 Å². The summed E-state index contributed by atoms with van der Waals surface area (Å²) in [5.74, 6) is -0.616. The van der Waals surface area contributed by atoms with Crippen molar-refractivity contribution < 1.29 is 18.0 Å². The number of rotatable bonds is 7. The first-order chi connectivity index (χ1) is 13.3. The number of sulfonamides is 1. The van der Waals surface area contributed by atoms with E-state index in [2.05, 4.69) is 20.0 Å². The fraction of sp³-hybridized carbons (Fsp3) is 0.471. The minimum absolute atomic E-state index is 0.0396. The van der Waals surface area contributed by atoms with E-state index in [9.17, 15) is 18.0 Å². The number of carbonyl (C=O) groups is 2. The number of amides is 2. The molecule has 0 aromatic carbocycles. The Morgan fingerprint density at radius 2 is 1.96 bits per heavy atom. The van der Waals surface area contributed by atoms with Crippen LogP contribution in [-0.2, 0) is 14.8 Å². The molecule has 0 unspecified atom stereocenters. The molecule has 28 heavy (non-hydrogen) atoms. The van der Waals surface area contributed by atoms with Crippen molar-refractivity contribution in [1.29, 1.82) is 0 Å². The van der Waals surface area contributed by atoms with Gasteiger partial charge in [-0.1, -0.05) is 0 Å². The third-order valence-corrected chi connectivity index (χ3v) is 6.84. The Bertz CT molecular complexity index is 960. The molecule has 3 N–H and O–H groups in total. The lowest BCUT2D eigenvalue weighted by molar-refractivity contribution is -0.116. The minimum Gasteiger partial charge on any atom is -0.361 e. The molecule has 1 saturated heterocycles. The summed E-state index contributed by atoms with van der Waals surface area (Å²) in [7, 11) is -3.95. The molecule has 2 amide bonds. The average Bonchev–Trinajstić information content (AvgIpc) is 3.35. The van der Waals surface area contributed by atoms with E-state index in [0.29, 0.717) is 29.6 Å². The molecule has 0 spiro atoms. The first kappa shape index (κ1) is 20.5. The molecule has 9 nitrogen and oxygen atoms in total. The second kappa shape index (κ2) is 8.41. The van der Waals surface area contributed by atoms with E-state index in [4.69, 9.17) is 0 Å². The van der Waals surface area contributed by atoms with Gasteiger partial charge in [0.25, 0.3) is 5.91 Å². The monoisotopic (exact) mass is 425 g/mol. The fourth-order valence-corrected chi connectivity index (χ4v) is 5.29. The zero-order valence-electron chi connectivity index (χ0n) is 15.7. The molecular weight excluding hydrogens is 402 g/mol. The predicted octanol–water partition coefficient (Wildman–Crippen LogP) is 1.63. The van der Waals surface area contributed by atoms with Crippen molar-refractivity contribution in [3.05, 3.63) is 28.5 Å². The number of aromatic nitrogens is 2. The average molecular weight is 426 g/mol. The Hall–Kier alpha value is -2.24. The maximum Gasteiger partial charge on any atom is 0.257 e. The summed E-state index contributed by atoms with van der Waals surface area (Å²) in [6.45, 7) is 4.49. The summed E-state index contributed by atoms with van der Waals surface area (Å²) in [6, 6.07) is 0. The molecule has 0 radical (unpaired) electrons. The van der Waals surface area contributed by atoms with Gasteiger partial charge in [-0.2, -0.15) is 0 Å². The lowest BCUT2D eigenvalue weighted by Crippen LogP contribution is -2.32. The van der Waals surface area contributed by atoms with Gasteiger partial charge >= 0.3 is 0 Å². The normalized spacial score (nSPS) is 14.4. The van der Waals surface area contributed by atoms with E-state index in [1.165, 1.54) is 11.3 Å². The van der Waals surface area contributed by atoms with Crippen LogP contribution in [0.4, 0.5) is 5.13 Å². The van der Waals surface area contributed by atoms with Crippen LogP contribution in [0.5, 0.6) is 0 Å². The topological polar surface area (TPSA) is 124 Å². The number of H-pyrrole nitrogens is 1. The van der Waals surface area contributed by atoms with Crippen molar-refractivity contribution in [2.75, 3.05) is 25.0 Å². The Morgan fingerprint density at radius 3 is 2.61 bits per heavy atom. The molecule has 0 atom stereocenters. The fourth-order valence-electron chi connectivity index (χ4n) is 3.27. The Kier molecular flexibility index (Phi) is 6.16. The van der Waals surface area contributed by atoms with Crippen molar-refractivity contribution in [2.45, 2.75) is 38.0 Å². The molecule has 3 rings (SSSR count). The molecular formula is C17H23N5O4S2. The zero-order valence-corrected chi connectivity index (χ0v) is 17.4. The van der Waals surface area contributed by atoms with Gasteiger partial charge < -0.3 is 15.2 Å². The highest BCUT2D eigenvalue weighted by atomic mass is 32.2. The predicted molar refractivity (Wildman–Crippen MR) is 106 cm³/mol. The number of anilines is 1. The van der Waals surface area contributed by atoms with Crippen LogP contribution in [0, 0.1) is 13.8 Å². The van der Waals surface area contributed by atoms with E-state index >= 15 is 0 Å². The standard InChI is InChI=1S/C17H23N5O4S2/c1-11-14(16(24)22-8-3-4-9-22)15(12(2)20-11)28(25,26)19-6-5-13(23)21-17-18-7-10-27-17/h7,10,19-20H,3-6,8-9H2,1-2H3,(H,18,21,23). The summed E-state index contributed by atoms with van der Waals surface area (Å²) >= 11 is 1.28. The van der Waals surface area contributed by atoms with Crippen molar-refractivity contribution >= 4 is 38.3 Å². The maximum atomic E-state index is 12.9. The molecule has 2 aromatic heterocycles. The van der Waals surface area contributed by atoms with E-state index in [1.807, 2.05) is 0 Å². The van der Waals surface area contributed by atoms with Crippen molar-refractivity contribution in [3.63, 3.8) is 0 Å². The first-order valence-corrected chi connectivity index (χ1v) is 11.3. The van der Waals surface area contributed by atoms with Gasteiger partial charge in [-0.05, 0) is 26.7 Å². The lowest BCUT2D eigenvalue weighted by Gasteiger charge is -2.17. The highest BCUT2D eigenvalue weighted by Crippen LogP contribution is 2.26. The number of carbonyl (C=O) groups excluding carboxylic acids is 2. The van der Waals surface area contributed by atoms with Gasteiger partial charge in [-0.25, -0.2) is 18.1 Å². The number of hydrogen-bond acceptors (Lipinski definition) is 6. The molecule has 1 aliphatic heterocycles. The third kappa shape index (κ3) is 4.42. The van der Waals surface area contributed by atoms with Crippen LogP contribution in [0.1, 0.15) is 41.0 Å². The van der Waals surface area contributed by atoms with E-state index in [-0.39, 0.29) is 35.2 Å². The number of aromatic amines is 1. The number of nitrogens with zero attached hydrogens (tertiary/aromatic N) is 2. The van der Waals surface area contributed by atoms with Gasteiger partial charge in [-0.3, -0.25) is 9.59 Å². The molecule has 2 aromatic rings. The largest absolute Gasteiger partial charge is 0.361 e. The molecule has 152 valence electrons. The van der Waals surface area contributed by atoms with E-state index in [1.54, 1.807) is 30.3 Å². The van der Waals surface area contributed by atoms with Gasteiger partial charge in [0.1, 0.15) is 4.90 Å². The number of thiazole rings is 1. The highest BCUT2D eigenvalue weighted by molar-refractivity contribution is 7.89. The van der Waals surface area contributed by atoms with Gasteiger partial charge in [0.15, 0.2) is 5.13 Å². The minimum atomic E-state index is -3.95. The Balaban J connectivity index is 1.70. The summed E-state index contributed by atoms with van der Waals surface area (Å²) < 4.78 is 28.2. The number of nitrogens with one attached hydrogen (secondary N) is 3. The van der Waals surface area contributed by atoms with E-state index < -0.39 is 10.0 Å². The summed E-state index contributed by atoms with van der Waals surface area (Å²) in [4.78, 5) is 33.3. The van der Waals surface area contributed by atoms with Crippen molar-refractivity contribution in [1.82, 2.24) is 19.6 Å². The second-order valence-electron chi connectivity index (χ2n) is 6.61.